The van der Waals surface area contributed by atoms with Crippen LogP contribution in [0.25, 0.3) is 0 Å². The smallest absolute Gasteiger partial charge is 0.180 e. The van der Waals surface area contributed by atoms with Gasteiger partial charge in [0.1, 0.15) is 0 Å². The molecule has 0 atom stereocenters. The SMILES string of the molecule is CCS(=O)(=O)c1ccccc1N(C)CCN1CCNCC1. The number of piperazine rings is 1. The summed E-state index contributed by atoms with van der Waals surface area (Å²) < 4.78 is 24.4. The molecule has 0 spiro atoms. The van der Waals surface area contributed by atoms with Crippen LogP contribution in [0.15, 0.2) is 29.2 Å². The van der Waals surface area contributed by atoms with Crippen molar-refractivity contribution >= 4 is 15.5 Å². The Balaban J connectivity index is 2.06. The molecule has 1 aliphatic heterocycles. The first kappa shape index (κ1) is 16.3. The van der Waals surface area contributed by atoms with Gasteiger partial charge in [0, 0.05) is 46.3 Å². The van der Waals surface area contributed by atoms with Crippen LogP contribution in [0.5, 0.6) is 0 Å². The largest absolute Gasteiger partial charge is 0.372 e. The molecule has 6 heteroatoms. The van der Waals surface area contributed by atoms with E-state index in [9.17, 15) is 8.42 Å². The summed E-state index contributed by atoms with van der Waals surface area (Å²) in [6.45, 7) is 7.66. The molecule has 1 aliphatic rings. The van der Waals surface area contributed by atoms with E-state index in [1.54, 1.807) is 19.1 Å². The number of benzene rings is 1. The molecule has 0 bridgehead atoms. The predicted molar refractivity (Wildman–Crippen MR) is 86.7 cm³/mol. The molecular weight excluding hydrogens is 286 g/mol. The third kappa shape index (κ3) is 4.18. The summed E-state index contributed by atoms with van der Waals surface area (Å²) >= 11 is 0. The second-order valence-corrected chi connectivity index (χ2v) is 7.63. The van der Waals surface area contributed by atoms with Gasteiger partial charge in [-0.15, -0.1) is 0 Å². The van der Waals surface area contributed by atoms with Crippen LogP contribution in [0.1, 0.15) is 6.92 Å². The van der Waals surface area contributed by atoms with Crippen molar-refractivity contribution in [2.24, 2.45) is 0 Å². The van der Waals surface area contributed by atoms with Gasteiger partial charge in [-0.1, -0.05) is 19.1 Å². The Kier molecular flexibility index (Phi) is 5.61. The second-order valence-electron chi connectivity index (χ2n) is 5.38. The van der Waals surface area contributed by atoms with Crippen LogP contribution in [-0.4, -0.2) is 65.4 Å². The lowest BCUT2D eigenvalue weighted by Crippen LogP contribution is -2.46. The van der Waals surface area contributed by atoms with E-state index < -0.39 is 9.84 Å². The minimum atomic E-state index is -3.18. The van der Waals surface area contributed by atoms with Gasteiger partial charge in [0.05, 0.1) is 16.3 Å². The second kappa shape index (κ2) is 7.24. The van der Waals surface area contributed by atoms with E-state index in [0.717, 1.165) is 45.0 Å². The maximum Gasteiger partial charge on any atom is 0.180 e. The highest BCUT2D eigenvalue weighted by Crippen LogP contribution is 2.24. The first-order valence-electron chi connectivity index (χ1n) is 7.50. The summed E-state index contributed by atoms with van der Waals surface area (Å²) in [5.74, 6) is 0.135. The van der Waals surface area contributed by atoms with Gasteiger partial charge < -0.3 is 10.2 Å². The zero-order valence-electron chi connectivity index (χ0n) is 12.9. The fourth-order valence-corrected chi connectivity index (χ4v) is 3.68. The number of para-hydroxylation sites is 1. The number of nitrogens with zero attached hydrogens (tertiary/aromatic N) is 2. The van der Waals surface area contributed by atoms with Crippen molar-refractivity contribution in [1.82, 2.24) is 10.2 Å². The van der Waals surface area contributed by atoms with Crippen LogP contribution in [-0.2, 0) is 9.84 Å². The minimum absolute atomic E-state index is 0.135. The summed E-state index contributed by atoms with van der Waals surface area (Å²) in [5.41, 5.74) is 0.800. The summed E-state index contributed by atoms with van der Waals surface area (Å²) in [6, 6.07) is 7.28. The molecule has 0 radical (unpaired) electrons. The van der Waals surface area contributed by atoms with E-state index in [1.165, 1.54) is 0 Å². The van der Waals surface area contributed by atoms with Crippen molar-refractivity contribution in [3.63, 3.8) is 0 Å². The standard InChI is InChI=1S/C15H25N3O2S/c1-3-21(19,20)15-7-5-4-6-14(15)17(2)12-13-18-10-8-16-9-11-18/h4-7,16H,3,8-13H2,1-2H3. The average Bonchev–Trinajstić information content (AvgIpc) is 2.53. The van der Waals surface area contributed by atoms with Gasteiger partial charge in [0.25, 0.3) is 0 Å². The van der Waals surface area contributed by atoms with E-state index in [4.69, 9.17) is 0 Å². The highest BCUT2D eigenvalue weighted by Gasteiger charge is 2.19. The number of likely N-dealkylation sites (N-methyl/N-ethyl adjacent to an activating group) is 1. The summed E-state index contributed by atoms with van der Waals surface area (Å²) in [4.78, 5) is 4.89. The Morgan fingerprint density at radius 3 is 2.57 bits per heavy atom. The molecule has 5 nitrogen and oxygen atoms in total. The Morgan fingerprint density at radius 2 is 1.90 bits per heavy atom. The molecule has 1 saturated heterocycles. The Morgan fingerprint density at radius 1 is 1.24 bits per heavy atom. The molecule has 1 aromatic carbocycles. The molecule has 1 heterocycles. The molecule has 0 amide bonds. The van der Waals surface area contributed by atoms with Crippen LogP contribution in [0, 0.1) is 0 Å². The van der Waals surface area contributed by atoms with Crippen molar-refractivity contribution in [3.05, 3.63) is 24.3 Å². The Labute approximate surface area is 127 Å². The average molecular weight is 311 g/mol. The van der Waals surface area contributed by atoms with Crippen LogP contribution < -0.4 is 10.2 Å². The maximum atomic E-state index is 12.2. The number of rotatable bonds is 6. The summed E-state index contributed by atoms with van der Waals surface area (Å²) in [6.07, 6.45) is 0. The van der Waals surface area contributed by atoms with Gasteiger partial charge in [0.2, 0.25) is 0 Å². The molecule has 118 valence electrons. The van der Waals surface area contributed by atoms with Crippen molar-refractivity contribution in [1.29, 1.82) is 0 Å². The van der Waals surface area contributed by atoms with E-state index in [2.05, 4.69) is 10.2 Å². The van der Waals surface area contributed by atoms with E-state index in [1.807, 2.05) is 24.1 Å². The minimum Gasteiger partial charge on any atom is -0.372 e. The normalized spacial score (nSPS) is 16.9. The zero-order chi connectivity index (χ0) is 15.3. The first-order chi connectivity index (χ1) is 10.0. The van der Waals surface area contributed by atoms with Gasteiger partial charge in [-0.2, -0.15) is 0 Å². The molecule has 0 saturated carbocycles. The van der Waals surface area contributed by atoms with Gasteiger partial charge in [-0.25, -0.2) is 8.42 Å². The Bertz CT molecular complexity index is 554. The number of hydrogen-bond donors (Lipinski definition) is 1. The molecule has 2 rings (SSSR count). The zero-order valence-corrected chi connectivity index (χ0v) is 13.7. The molecule has 0 unspecified atom stereocenters. The lowest BCUT2D eigenvalue weighted by atomic mass is 10.3. The lowest BCUT2D eigenvalue weighted by Gasteiger charge is -2.30. The van der Waals surface area contributed by atoms with Crippen molar-refractivity contribution < 1.29 is 8.42 Å². The molecule has 1 fully saturated rings. The predicted octanol–water partition coefficient (Wildman–Crippen LogP) is 0.822. The first-order valence-corrected chi connectivity index (χ1v) is 9.16. The molecule has 0 aliphatic carbocycles. The number of sulfone groups is 1. The van der Waals surface area contributed by atoms with Gasteiger partial charge in [0.15, 0.2) is 9.84 Å². The van der Waals surface area contributed by atoms with Crippen LogP contribution in [0.2, 0.25) is 0 Å². The van der Waals surface area contributed by atoms with Crippen LogP contribution in [0.4, 0.5) is 5.69 Å². The third-order valence-electron chi connectivity index (χ3n) is 3.95. The van der Waals surface area contributed by atoms with Crippen LogP contribution >= 0.6 is 0 Å². The van der Waals surface area contributed by atoms with Crippen molar-refractivity contribution in [2.45, 2.75) is 11.8 Å². The molecule has 0 aromatic heterocycles. The summed E-state index contributed by atoms with van der Waals surface area (Å²) in [5, 5.41) is 3.34. The molecule has 1 N–H and O–H groups in total. The molecule has 1 aromatic rings. The maximum absolute atomic E-state index is 12.2. The lowest BCUT2D eigenvalue weighted by molar-refractivity contribution is 0.246. The highest BCUT2D eigenvalue weighted by molar-refractivity contribution is 7.91. The fourth-order valence-electron chi connectivity index (χ4n) is 2.54. The van der Waals surface area contributed by atoms with Gasteiger partial charge >= 0.3 is 0 Å². The van der Waals surface area contributed by atoms with Crippen molar-refractivity contribution in [3.8, 4) is 0 Å². The number of anilines is 1. The molecule has 21 heavy (non-hydrogen) atoms. The highest BCUT2D eigenvalue weighted by atomic mass is 32.2. The quantitative estimate of drug-likeness (QED) is 0.843. The van der Waals surface area contributed by atoms with E-state index in [0.29, 0.717) is 4.90 Å². The molecular formula is C15H25N3O2S. The topological polar surface area (TPSA) is 52.7 Å². The van der Waals surface area contributed by atoms with E-state index in [-0.39, 0.29) is 5.75 Å². The van der Waals surface area contributed by atoms with Crippen molar-refractivity contribution in [2.75, 3.05) is 57.0 Å². The van der Waals surface area contributed by atoms with E-state index >= 15 is 0 Å². The monoisotopic (exact) mass is 311 g/mol. The van der Waals surface area contributed by atoms with Gasteiger partial charge in [-0.05, 0) is 12.1 Å². The Hall–Kier alpha value is -1.11. The third-order valence-corrected chi connectivity index (χ3v) is 5.73. The van der Waals surface area contributed by atoms with Crippen LogP contribution in [0.3, 0.4) is 0 Å². The summed E-state index contributed by atoms with van der Waals surface area (Å²) in [7, 11) is -1.22. The fraction of sp³-hybridized carbons (Fsp3) is 0.600. The number of hydrogen-bond acceptors (Lipinski definition) is 5. The number of nitrogens with one attached hydrogen (secondary N) is 1. The van der Waals surface area contributed by atoms with Gasteiger partial charge in [-0.3, -0.25) is 4.90 Å².